The highest BCUT2D eigenvalue weighted by Crippen LogP contribution is 2.16. The maximum atomic E-state index is 5.72. The molecule has 2 aromatic carbocycles. The van der Waals surface area contributed by atoms with Crippen LogP contribution >= 0.6 is 12.2 Å². The smallest absolute Gasteiger partial charge is 0.180 e. The molecule has 1 heterocycles. The van der Waals surface area contributed by atoms with Crippen molar-refractivity contribution in [3.05, 3.63) is 87.9 Å². The van der Waals surface area contributed by atoms with Crippen LogP contribution < -0.4 is 0 Å². The van der Waals surface area contributed by atoms with Gasteiger partial charge in [0.05, 0.1) is 13.1 Å². The molecule has 0 fully saturated rings. The van der Waals surface area contributed by atoms with Gasteiger partial charge in [0, 0.05) is 11.4 Å². The number of hydrogen-bond acceptors (Lipinski definition) is 1. The molecule has 3 aromatic rings. The summed E-state index contributed by atoms with van der Waals surface area (Å²) >= 11 is 5.72. The monoisotopic (exact) mass is 308 g/mol. The summed E-state index contributed by atoms with van der Waals surface area (Å²) in [7, 11) is 0. The minimum Gasteiger partial charge on any atom is -0.316 e. The second-order valence-corrected chi connectivity index (χ2v) is 5.96. The Balaban J connectivity index is 1.96. The van der Waals surface area contributed by atoms with Crippen LogP contribution in [0, 0.1) is 18.6 Å². The summed E-state index contributed by atoms with van der Waals surface area (Å²) in [6.07, 6.45) is 0. The van der Waals surface area contributed by atoms with E-state index in [4.69, 9.17) is 12.2 Å². The van der Waals surface area contributed by atoms with Crippen molar-refractivity contribution in [2.75, 3.05) is 0 Å². The van der Waals surface area contributed by atoms with E-state index < -0.39 is 0 Å². The first-order valence-corrected chi connectivity index (χ1v) is 7.92. The standard InChI is InChI=1S/C19H20N2S/c1-15-16(2)21(14-18-11-7-4-8-12-18)19(22)20(15)13-17-9-5-3-6-10-17/h3-12H,13-14H2,1-2H3. The number of aromatic nitrogens is 2. The van der Waals surface area contributed by atoms with E-state index in [0.29, 0.717) is 0 Å². The predicted molar refractivity (Wildman–Crippen MR) is 93.8 cm³/mol. The van der Waals surface area contributed by atoms with Gasteiger partial charge in [0.1, 0.15) is 0 Å². The van der Waals surface area contributed by atoms with E-state index in [9.17, 15) is 0 Å². The quantitative estimate of drug-likeness (QED) is 0.633. The SMILES string of the molecule is Cc1c(C)n(Cc2ccccc2)c(=S)n1Cc1ccccc1. The number of imidazole rings is 1. The number of rotatable bonds is 4. The van der Waals surface area contributed by atoms with E-state index in [-0.39, 0.29) is 0 Å². The van der Waals surface area contributed by atoms with E-state index in [1.807, 2.05) is 12.1 Å². The fraction of sp³-hybridized carbons (Fsp3) is 0.211. The topological polar surface area (TPSA) is 9.86 Å². The molecule has 3 heteroatoms. The van der Waals surface area contributed by atoms with Crippen LogP contribution in [-0.4, -0.2) is 9.13 Å². The van der Waals surface area contributed by atoms with Gasteiger partial charge in [0.25, 0.3) is 0 Å². The Morgan fingerprint density at radius 2 is 1.05 bits per heavy atom. The van der Waals surface area contributed by atoms with Gasteiger partial charge in [-0.05, 0) is 37.2 Å². The van der Waals surface area contributed by atoms with Gasteiger partial charge in [-0.3, -0.25) is 0 Å². The van der Waals surface area contributed by atoms with E-state index in [1.54, 1.807) is 0 Å². The molecule has 22 heavy (non-hydrogen) atoms. The first kappa shape index (κ1) is 14.8. The predicted octanol–water partition coefficient (Wildman–Crippen LogP) is 4.73. The molecule has 0 N–H and O–H groups in total. The van der Waals surface area contributed by atoms with Crippen molar-refractivity contribution in [2.24, 2.45) is 0 Å². The molecule has 0 saturated carbocycles. The summed E-state index contributed by atoms with van der Waals surface area (Å²) in [6, 6.07) is 20.9. The Labute approximate surface area is 136 Å². The number of nitrogens with zero attached hydrogens (tertiary/aromatic N) is 2. The summed E-state index contributed by atoms with van der Waals surface area (Å²) < 4.78 is 5.34. The molecule has 0 aliphatic rings. The van der Waals surface area contributed by atoms with Crippen LogP contribution in [-0.2, 0) is 13.1 Å². The molecule has 0 unspecified atom stereocenters. The summed E-state index contributed by atoms with van der Waals surface area (Å²) in [6.45, 7) is 5.95. The van der Waals surface area contributed by atoms with Gasteiger partial charge >= 0.3 is 0 Å². The molecular weight excluding hydrogens is 288 g/mol. The largest absolute Gasteiger partial charge is 0.316 e. The maximum absolute atomic E-state index is 5.72. The third-order valence-corrected chi connectivity index (χ3v) is 4.60. The average Bonchev–Trinajstić information content (AvgIpc) is 2.75. The number of hydrogen-bond donors (Lipinski definition) is 0. The lowest BCUT2D eigenvalue weighted by atomic mass is 10.2. The second kappa shape index (κ2) is 6.32. The molecule has 0 bridgehead atoms. The molecule has 3 rings (SSSR count). The van der Waals surface area contributed by atoms with Crippen molar-refractivity contribution >= 4 is 12.2 Å². The molecule has 0 radical (unpaired) electrons. The lowest BCUT2D eigenvalue weighted by molar-refractivity contribution is 0.700. The molecule has 1 aromatic heterocycles. The maximum Gasteiger partial charge on any atom is 0.180 e. The van der Waals surface area contributed by atoms with Gasteiger partial charge in [0.2, 0.25) is 0 Å². The molecule has 112 valence electrons. The van der Waals surface area contributed by atoms with Crippen LogP contribution in [0.2, 0.25) is 0 Å². The Kier molecular flexibility index (Phi) is 4.25. The molecule has 0 atom stereocenters. The lowest BCUT2D eigenvalue weighted by Gasteiger charge is -2.06. The minimum atomic E-state index is 0.828. The van der Waals surface area contributed by atoms with Crippen molar-refractivity contribution in [3.8, 4) is 0 Å². The van der Waals surface area contributed by atoms with Crippen LogP contribution in [0.4, 0.5) is 0 Å². The van der Waals surface area contributed by atoms with Crippen molar-refractivity contribution in [1.29, 1.82) is 0 Å². The van der Waals surface area contributed by atoms with Crippen LogP contribution in [0.25, 0.3) is 0 Å². The van der Waals surface area contributed by atoms with Gasteiger partial charge in [-0.2, -0.15) is 0 Å². The minimum absolute atomic E-state index is 0.828. The van der Waals surface area contributed by atoms with Gasteiger partial charge in [0.15, 0.2) is 4.77 Å². The van der Waals surface area contributed by atoms with Crippen LogP contribution in [0.3, 0.4) is 0 Å². The highest BCUT2D eigenvalue weighted by atomic mass is 32.1. The Morgan fingerprint density at radius 1 is 0.682 bits per heavy atom. The molecular formula is C19H20N2S. The first-order valence-electron chi connectivity index (χ1n) is 7.51. The van der Waals surface area contributed by atoms with Crippen LogP contribution in [0.5, 0.6) is 0 Å². The van der Waals surface area contributed by atoms with E-state index in [1.165, 1.54) is 22.5 Å². The zero-order chi connectivity index (χ0) is 15.5. The van der Waals surface area contributed by atoms with Crippen LogP contribution in [0.15, 0.2) is 60.7 Å². The van der Waals surface area contributed by atoms with E-state index in [2.05, 4.69) is 71.5 Å². The van der Waals surface area contributed by atoms with Gasteiger partial charge in [-0.25, -0.2) is 0 Å². The van der Waals surface area contributed by atoms with Crippen molar-refractivity contribution < 1.29 is 0 Å². The van der Waals surface area contributed by atoms with Gasteiger partial charge in [-0.15, -0.1) is 0 Å². The molecule has 0 aliphatic heterocycles. The highest BCUT2D eigenvalue weighted by molar-refractivity contribution is 7.71. The number of benzene rings is 2. The van der Waals surface area contributed by atoms with Crippen molar-refractivity contribution in [3.63, 3.8) is 0 Å². The summed E-state index contributed by atoms with van der Waals surface area (Å²) in [5.41, 5.74) is 5.03. The molecule has 0 amide bonds. The van der Waals surface area contributed by atoms with Crippen molar-refractivity contribution in [1.82, 2.24) is 9.13 Å². The first-order chi connectivity index (χ1) is 10.7. The Bertz CT molecular complexity index is 746. The van der Waals surface area contributed by atoms with Crippen molar-refractivity contribution in [2.45, 2.75) is 26.9 Å². The lowest BCUT2D eigenvalue weighted by Crippen LogP contribution is -2.04. The summed E-state index contributed by atoms with van der Waals surface area (Å²) in [4.78, 5) is 0. The van der Waals surface area contributed by atoms with E-state index in [0.717, 1.165) is 17.9 Å². The zero-order valence-electron chi connectivity index (χ0n) is 13.0. The Hall–Kier alpha value is -2.13. The summed E-state index contributed by atoms with van der Waals surface area (Å²) in [5.74, 6) is 0. The zero-order valence-corrected chi connectivity index (χ0v) is 13.8. The molecule has 2 nitrogen and oxygen atoms in total. The molecule has 0 saturated heterocycles. The third kappa shape index (κ3) is 2.90. The second-order valence-electron chi connectivity index (χ2n) is 5.60. The Morgan fingerprint density at radius 3 is 1.41 bits per heavy atom. The highest BCUT2D eigenvalue weighted by Gasteiger charge is 2.11. The van der Waals surface area contributed by atoms with Gasteiger partial charge < -0.3 is 9.13 Å². The summed E-state index contributed by atoms with van der Waals surface area (Å²) in [5, 5.41) is 0. The average molecular weight is 308 g/mol. The van der Waals surface area contributed by atoms with Crippen LogP contribution in [0.1, 0.15) is 22.5 Å². The van der Waals surface area contributed by atoms with E-state index >= 15 is 0 Å². The van der Waals surface area contributed by atoms with Gasteiger partial charge in [-0.1, -0.05) is 60.7 Å². The molecule has 0 spiro atoms. The fourth-order valence-corrected chi connectivity index (χ4v) is 3.13. The third-order valence-electron chi connectivity index (χ3n) is 4.16. The normalized spacial score (nSPS) is 10.8. The fourth-order valence-electron chi connectivity index (χ4n) is 2.73. The molecule has 0 aliphatic carbocycles.